The molecule has 1 rings (SSSR count). The van der Waals surface area contributed by atoms with Gasteiger partial charge >= 0.3 is 6.09 Å². The van der Waals surface area contributed by atoms with Gasteiger partial charge in [-0.1, -0.05) is 30.3 Å². The summed E-state index contributed by atoms with van der Waals surface area (Å²) < 4.78 is 5.00. The minimum absolute atomic E-state index is 0.320. The monoisotopic (exact) mass is 223 g/mol. The summed E-state index contributed by atoms with van der Waals surface area (Å²) in [7, 11) is 0. The molecule has 1 aromatic carbocycles. The second-order valence-electron chi connectivity index (χ2n) is 4.38. The first-order valence-corrected chi connectivity index (χ1v) is 5.12. The van der Waals surface area contributed by atoms with Gasteiger partial charge < -0.3 is 4.74 Å². The van der Waals surface area contributed by atoms with E-state index in [-0.39, 0.29) is 0 Å². The van der Waals surface area contributed by atoms with Gasteiger partial charge in [0.25, 0.3) is 0 Å². The van der Waals surface area contributed by atoms with E-state index in [1.54, 1.807) is 20.8 Å². The van der Waals surface area contributed by atoms with Gasteiger partial charge in [0.15, 0.2) is 0 Å². The van der Waals surface area contributed by atoms with Crippen molar-refractivity contribution >= 4 is 6.09 Å². The predicted molar refractivity (Wildman–Crippen MR) is 60.6 cm³/mol. The number of nitrogens with one attached hydrogen (secondary N) is 1. The van der Waals surface area contributed by atoms with Crippen LogP contribution in [0, 0.1) is 0 Å². The van der Waals surface area contributed by atoms with Gasteiger partial charge in [0.05, 0.1) is 6.61 Å². The highest BCUT2D eigenvalue weighted by atomic mass is 16.7. The van der Waals surface area contributed by atoms with Gasteiger partial charge in [-0.3, -0.25) is 4.84 Å². The molecule has 0 fully saturated rings. The fourth-order valence-electron chi connectivity index (χ4n) is 1.05. The van der Waals surface area contributed by atoms with Gasteiger partial charge in [0.2, 0.25) is 0 Å². The standard InChI is InChI=1S/C12H17NO3/c1-12(2,3)16-11(14)13-15-9-10-7-5-4-6-8-10/h4-8H,9H2,1-3H3,(H,13,14). The molecule has 0 saturated heterocycles. The zero-order chi connectivity index (χ0) is 12.0. The number of hydrogen-bond donors (Lipinski definition) is 1. The van der Waals surface area contributed by atoms with E-state index in [1.165, 1.54) is 0 Å². The normalized spacial score (nSPS) is 10.9. The summed E-state index contributed by atoms with van der Waals surface area (Å²) in [5, 5.41) is 0. The van der Waals surface area contributed by atoms with E-state index in [0.717, 1.165) is 5.56 Å². The van der Waals surface area contributed by atoms with Crippen molar-refractivity contribution < 1.29 is 14.4 Å². The molecule has 1 aromatic rings. The molecule has 0 aliphatic carbocycles. The van der Waals surface area contributed by atoms with Crippen LogP contribution in [-0.4, -0.2) is 11.7 Å². The molecule has 0 unspecified atom stereocenters. The smallest absolute Gasteiger partial charge is 0.431 e. The molecule has 0 bridgehead atoms. The molecular weight excluding hydrogens is 206 g/mol. The highest BCUT2D eigenvalue weighted by molar-refractivity contribution is 5.66. The molecule has 88 valence electrons. The van der Waals surface area contributed by atoms with Crippen LogP contribution in [0.4, 0.5) is 4.79 Å². The van der Waals surface area contributed by atoms with Gasteiger partial charge in [-0.15, -0.1) is 0 Å². The second-order valence-corrected chi connectivity index (χ2v) is 4.38. The lowest BCUT2D eigenvalue weighted by molar-refractivity contribution is -0.0136. The zero-order valence-electron chi connectivity index (χ0n) is 9.82. The van der Waals surface area contributed by atoms with Crippen molar-refractivity contribution in [2.45, 2.75) is 33.0 Å². The number of rotatable bonds is 3. The average Bonchev–Trinajstić information content (AvgIpc) is 2.16. The molecule has 0 atom stereocenters. The molecule has 1 N–H and O–H groups in total. The van der Waals surface area contributed by atoms with Crippen LogP contribution in [0.2, 0.25) is 0 Å². The number of ether oxygens (including phenoxy) is 1. The lowest BCUT2D eigenvalue weighted by Gasteiger charge is -2.19. The maximum atomic E-state index is 11.2. The summed E-state index contributed by atoms with van der Waals surface area (Å²) in [4.78, 5) is 16.2. The Kier molecular flexibility index (Phi) is 4.31. The van der Waals surface area contributed by atoms with E-state index in [1.807, 2.05) is 30.3 Å². The van der Waals surface area contributed by atoms with Crippen LogP contribution in [0.1, 0.15) is 26.3 Å². The van der Waals surface area contributed by atoms with Crippen LogP contribution in [0.5, 0.6) is 0 Å². The van der Waals surface area contributed by atoms with Crippen molar-refractivity contribution in [1.82, 2.24) is 5.48 Å². The largest absolute Gasteiger partial charge is 0.442 e. The SMILES string of the molecule is CC(C)(C)OC(=O)NOCc1ccccc1. The fraction of sp³-hybridized carbons (Fsp3) is 0.417. The molecule has 0 aliphatic heterocycles. The molecule has 0 heterocycles. The third-order valence-corrected chi connectivity index (χ3v) is 1.64. The highest BCUT2D eigenvalue weighted by Gasteiger charge is 2.15. The Morgan fingerprint density at radius 3 is 2.44 bits per heavy atom. The number of carbonyl (C=O) groups is 1. The summed E-state index contributed by atoms with van der Waals surface area (Å²) in [6.07, 6.45) is -0.580. The van der Waals surface area contributed by atoms with Crippen molar-refractivity contribution in [3.05, 3.63) is 35.9 Å². The van der Waals surface area contributed by atoms with Crippen LogP contribution >= 0.6 is 0 Å². The fourth-order valence-corrected chi connectivity index (χ4v) is 1.05. The lowest BCUT2D eigenvalue weighted by Crippen LogP contribution is -2.32. The number of hydrogen-bond acceptors (Lipinski definition) is 3. The number of benzene rings is 1. The first-order chi connectivity index (χ1) is 7.47. The Balaban J connectivity index is 2.24. The summed E-state index contributed by atoms with van der Waals surface area (Å²) in [6, 6.07) is 9.57. The summed E-state index contributed by atoms with van der Waals surface area (Å²) in [5.74, 6) is 0. The lowest BCUT2D eigenvalue weighted by atomic mass is 10.2. The van der Waals surface area contributed by atoms with Gasteiger partial charge in [0, 0.05) is 0 Å². The van der Waals surface area contributed by atoms with Crippen molar-refractivity contribution in [1.29, 1.82) is 0 Å². The minimum Gasteiger partial charge on any atom is -0.442 e. The van der Waals surface area contributed by atoms with Gasteiger partial charge in [-0.2, -0.15) is 5.48 Å². The van der Waals surface area contributed by atoms with Crippen molar-refractivity contribution in [2.24, 2.45) is 0 Å². The molecule has 16 heavy (non-hydrogen) atoms. The van der Waals surface area contributed by atoms with Gasteiger partial charge in [0.1, 0.15) is 5.60 Å². The van der Waals surface area contributed by atoms with Crippen molar-refractivity contribution in [2.75, 3.05) is 0 Å². The molecule has 0 saturated carbocycles. The topological polar surface area (TPSA) is 47.6 Å². The molecule has 0 radical (unpaired) electrons. The zero-order valence-corrected chi connectivity index (χ0v) is 9.82. The Morgan fingerprint density at radius 2 is 1.88 bits per heavy atom. The third kappa shape index (κ3) is 5.36. The molecular formula is C12H17NO3. The second kappa shape index (κ2) is 5.51. The van der Waals surface area contributed by atoms with E-state index in [2.05, 4.69) is 5.48 Å². The minimum atomic E-state index is -0.580. The first kappa shape index (κ1) is 12.5. The van der Waals surface area contributed by atoms with E-state index in [4.69, 9.17) is 9.57 Å². The highest BCUT2D eigenvalue weighted by Crippen LogP contribution is 2.06. The van der Waals surface area contributed by atoms with Gasteiger partial charge in [-0.25, -0.2) is 4.79 Å². The van der Waals surface area contributed by atoms with Crippen LogP contribution < -0.4 is 5.48 Å². The van der Waals surface area contributed by atoms with Crippen molar-refractivity contribution in [3.8, 4) is 0 Å². The Labute approximate surface area is 95.5 Å². The quantitative estimate of drug-likeness (QED) is 0.801. The van der Waals surface area contributed by atoms with Crippen LogP contribution in [-0.2, 0) is 16.2 Å². The van der Waals surface area contributed by atoms with Crippen molar-refractivity contribution in [3.63, 3.8) is 0 Å². The number of carbonyl (C=O) groups excluding carboxylic acids is 1. The third-order valence-electron chi connectivity index (χ3n) is 1.64. The first-order valence-electron chi connectivity index (χ1n) is 5.12. The summed E-state index contributed by atoms with van der Waals surface area (Å²) >= 11 is 0. The van der Waals surface area contributed by atoms with Gasteiger partial charge in [-0.05, 0) is 26.3 Å². The maximum Gasteiger partial charge on any atom is 0.431 e. The maximum absolute atomic E-state index is 11.2. The number of amides is 1. The number of hydroxylamine groups is 1. The Morgan fingerprint density at radius 1 is 1.25 bits per heavy atom. The van der Waals surface area contributed by atoms with E-state index < -0.39 is 11.7 Å². The summed E-state index contributed by atoms with van der Waals surface area (Å²) in [5.41, 5.74) is 2.70. The van der Waals surface area contributed by atoms with E-state index >= 15 is 0 Å². The van der Waals surface area contributed by atoms with Crippen LogP contribution in [0.15, 0.2) is 30.3 Å². The van der Waals surface area contributed by atoms with E-state index in [0.29, 0.717) is 6.61 Å². The van der Waals surface area contributed by atoms with Crippen LogP contribution in [0.3, 0.4) is 0 Å². The molecule has 4 heteroatoms. The summed E-state index contributed by atoms with van der Waals surface area (Å²) in [6.45, 7) is 5.71. The Bertz CT molecular complexity index is 330. The molecule has 0 aliphatic rings. The van der Waals surface area contributed by atoms with E-state index in [9.17, 15) is 4.79 Å². The average molecular weight is 223 g/mol. The predicted octanol–water partition coefficient (Wildman–Crippen LogP) is 2.64. The van der Waals surface area contributed by atoms with Crippen LogP contribution in [0.25, 0.3) is 0 Å². The molecule has 4 nitrogen and oxygen atoms in total. The Hall–Kier alpha value is -1.55. The molecule has 0 aromatic heterocycles. The molecule has 0 spiro atoms. The molecule has 1 amide bonds.